The molecule has 8 heteroatoms. The molecular weight excluding hydrogens is 514 g/mol. The lowest BCUT2D eigenvalue weighted by molar-refractivity contribution is -0.126. The SMILES string of the molecule is COc1cc(/C=N/NC(=O)C2CCN(Cc3ccc(Br)cc3)CC2)cc(Br)c1OC. The summed E-state index contributed by atoms with van der Waals surface area (Å²) in [6, 6.07) is 12.0. The maximum Gasteiger partial charge on any atom is 0.243 e. The summed E-state index contributed by atoms with van der Waals surface area (Å²) in [6.07, 6.45) is 3.27. The normalized spacial score (nSPS) is 15.3. The third-order valence-corrected chi connectivity index (χ3v) is 6.24. The summed E-state index contributed by atoms with van der Waals surface area (Å²) in [4.78, 5) is 14.9. The molecule has 0 radical (unpaired) electrons. The summed E-state index contributed by atoms with van der Waals surface area (Å²) < 4.78 is 12.5. The van der Waals surface area contributed by atoms with Crippen LogP contribution >= 0.6 is 31.9 Å². The summed E-state index contributed by atoms with van der Waals surface area (Å²) in [5.41, 5.74) is 4.76. The standard InChI is InChI=1S/C22H25Br2N3O3/c1-29-20-12-16(11-19(24)21(20)30-2)13-25-26-22(28)17-7-9-27(10-8-17)14-15-3-5-18(23)6-4-15/h3-6,11-13,17H,7-10,14H2,1-2H3,(H,26,28)/b25-13+. The number of nitrogens with zero attached hydrogens (tertiary/aromatic N) is 2. The number of benzene rings is 2. The Labute approximate surface area is 193 Å². The van der Waals surface area contributed by atoms with Crippen LogP contribution in [0.4, 0.5) is 0 Å². The van der Waals surface area contributed by atoms with Crippen molar-refractivity contribution in [1.82, 2.24) is 10.3 Å². The van der Waals surface area contributed by atoms with Gasteiger partial charge in [-0.3, -0.25) is 9.69 Å². The number of rotatable bonds is 7. The molecule has 1 aliphatic heterocycles. The molecule has 1 aliphatic rings. The number of likely N-dealkylation sites (tertiary alicyclic amines) is 1. The van der Waals surface area contributed by atoms with Crippen LogP contribution in [0.3, 0.4) is 0 Å². The lowest BCUT2D eigenvalue weighted by atomic mass is 9.96. The van der Waals surface area contributed by atoms with Crippen LogP contribution in [0.25, 0.3) is 0 Å². The number of methoxy groups -OCH3 is 2. The fraction of sp³-hybridized carbons (Fsp3) is 0.364. The molecule has 1 saturated heterocycles. The maximum atomic E-state index is 12.5. The number of ether oxygens (including phenoxy) is 2. The molecule has 6 nitrogen and oxygen atoms in total. The van der Waals surface area contributed by atoms with Gasteiger partial charge in [0.1, 0.15) is 0 Å². The Kier molecular flexibility index (Phi) is 8.30. The molecule has 0 spiro atoms. The predicted molar refractivity (Wildman–Crippen MR) is 125 cm³/mol. The molecule has 0 atom stereocenters. The molecule has 0 aliphatic carbocycles. The molecule has 0 bridgehead atoms. The highest BCUT2D eigenvalue weighted by atomic mass is 79.9. The summed E-state index contributed by atoms with van der Waals surface area (Å²) in [5.74, 6) is 1.17. The van der Waals surface area contributed by atoms with Gasteiger partial charge in [0.2, 0.25) is 5.91 Å². The monoisotopic (exact) mass is 537 g/mol. The first-order chi connectivity index (χ1) is 14.5. The van der Waals surface area contributed by atoms with Gasteiger partial charge in [0.05, 0.1) is 24.9 Å². The van der Waals surface area contributed by atoms with Crippen LogP contribution in [0.2, 0.25) is 0 Å². The highest BCUT2D eigenvalue weighted by molar-refractivity contribution is 9.10. The fourth-order valence-corrected chi connectivity index (χ4v) is 4.36. The first-order valence-electron chi connectivity index (χ1n) is 9.71. The number of hydrogen-bond acceptors (Lipinski definition) is 5. The summed E-state index contributed by atoms with van der Waals surface area (Å²) in [7, 11) is 3.16. The topological polar surface area (TPSA) is 63.2 Å². The van der Waals surface area contributed by atoms with Gasteiger partial charge in [-0.1, -0.05) is 28.1 Å². The van der Waals surface area contributed by atoms with E-state index in [1.54, 1.807) is 26.5 Å². The van der Waals surface area contributed by atoms with Crippen molar-refractivity contribution in [2.75, 3.05) is 27.3 Å². The molecule has 1 N–H and O–H groups in total. The number of carbonyl (C=O) groups excluding carboxylic acids is 1. The quantitative estimate of drug-likeness (QED) is 0.413. The van der Waals surface area contributed by atoms with Crippen molar-refractivity contribution in [3.63, 3.8) is 0 Å². The first-order valence-corrected chi connectivity index (χ1v) is 11.3. The van der Waals surface area contributed by atoms with E-state index in [1.165, 1.54) is 5.56 Å². The molecule has 1 heterocycles. The van der Waals surface area contributed by atoms with Crippen LogP contribution in [0.1, 0.15) is 24.0 Å². The van der Waals surface area contributed by atoms with Crippen molar-refractivity contribution in [1.29, 1.82) is 0 Å². The molecule has 1 amide bonds. The van der Waals surface area contributed by atoms with Gasteiger partial charge in [0.15, 0.2) is 11.5 Å². The number of nitrogens with one attached hydrogen (secondary N) is 1. The van der Waals surface area contributed by atoms with E-state index in [-0.39, 0.29) is 11.8 Å². The van der Waals surface area contributed by atoms with E-state index in [9.17, 15) is 4.79 Å². The van der Waals surface area contributed by atoms with E-state index in [2.05, 4.69) is 71.6 Å². The number of hydrazone groups is 1. The summed E-state index contributed by atoms with van der Waals surface area (Å²) in [5, 5.41) is 4.12. The fourth-order valence-electron chi connectivity index (χ4n) is 3.48. The second-order valence-electron chi connectivity index (χ2n) is 7.15. The molecule has 2 aromatic carbocycles. The number of carbonyl (C=O) groups is 1. The van der Waals surface area contributed by atoms with Gasteiger partial charge in [0.25, 0.3) is 0 Å². The highest BCUT2D eigenvalue weighted by Crippen LogP contribution is 2.35. The minimum atomic E-state index is -0.0333. The van der Waals surface area contributed by atoms with Gasteiger partial charge in [-0.25, -0.2) is 5.43 Å². The molecule has 0 aromatic heterocycles. The third kappa shape index (κ3) is 6.06. The number of hydrogen-bond donors (Lipinski definition) is 1. The minimum absolute atomic E-state index is 0.0135. The average Bonchev–Trinajstić information content (AvgIpc) is 2.75. The van der Waals surface area contributed by atoms with E-state index in [1.807, 2.05) is 6.07 Å². The Morgan fingerprint density at radius 3 is 2.50 bits per heavy atom. The van der Waals surface area contributed by atoms with Crippen LogP contribution in [0, 0.1) is 5.92 Å². The van der Waals surface area contributed by atoms with E-state index < -0.39 is 0 Å². The van der Waals surface area contributed by atoms with Crippen molar-refractivity contribution >= 4 is 44.0 Å². The number of halogens is 2. The van der Waals surface area contributed by atoms with Gasteiger partial charge in [-0.15, -0.1) is 0 Å². The van der Waals surface area contributed by atoms with Crippen molar-refractivity contribution in [3.8, 4) is 11.5 Å². The van der Waals surface area contributed by atoms with Gasteiger partial charge in [-0.05, 0) is 77.3 Å². The van der Waals surface area contributed by atoms with Crippen LogP contribution in [-0.4, -0.2) is 44.3 Å². The van der Waals surface area contributed by atoms with Crippen molar-refractivity contribution in [3.05, 3.63) is 56.5 Å². The highest BCUT2D eigenvalue weighted by Gasteiger charge is 2.24. The number of piperidine rings is 1. The first kappa shape index (κ1) is 22.8. The van der Waals surface area contributed by atoms with Gasteiger partial charge in [-0.2, -0.15) is 5.10 Å². The largest absolute Gasteiger partial charge is 0.493 e. The average molecular weight is 539 g/mol. The zero-order valence-corrected chi connectivity index (χ0v) is 20.2. The Hall–Kier alpha value is -1.90. The van der Waals surface area contributed by atoms with Crippen molar-refractivity contribution < 1.29 is 14.3 Å². The van der Waals surface area contributed by atoms with Crippen molar-refractivity contribution in [2.45, 2.75) is 19.4 Å². The predicted octanol–water partition coefficient (Wildman–Crippen LogP) is 4.59. The van der Waals surface area contributed by atoms with Crippen LogP contribution in [0.15, 0.2) is 50.4 Å². The van der Waals surface area contributed by atoms with Crippen LogP contribution in [0.5, 0.6) is 11.5 Å². The third-order valence-electron chi connectivity index (χ3n) is 5.12. The molecule has 0 unspecified atom stereocenters. The van der Waals surface area contributed by atoms with E-state index in [4.69, 9.17) is 9.47 Å². The molecule has 30 heavy (non-hydrogen) atoms. The lowest BCUT2D eigenvalue weighted by Gasteiger charge is -2.30. The Balaban J connectivity index is 1.49. The molecule has 3 rings (SSSR count). The van der Waals surface area contributed by atoms with E-state index in [0.717, 1.165) is 47.0 Å². The van der Waals surface area contributed by atoms with Gasteiger partial charge in [0, 0.05) is 16.9 Å². The molecule has 0 saturated carbocycles. The maximum absolute atomic E-state index is 12.5. The molecule has 2 aromatic rings. The summed E-state index contributed by atoms with van der Waals surface area (Å²) in [6.45, 7) is 2.72. The van der Waals surface area contributed by atoms with Gasteiger partial charge < -0.3 is 9.47 Å². The van der Waals surface area contributed by atoms with Gasteiger partial charge >= 0.3 is 0 Å². The molecular formula is C22H25Br2N3O3. The number of amides is 1. The second kappa shape index (κ2) is 10.9. The zero-order chi connectivity index (χ0) is 21.5. The summed E-state index contributed by atoms with van der Waals surface area (Å²) >= 11 is 6.92. The second-order valence-corrected chi connectivity index (χ2v) is 8.92. The minimum Gasteiger partial charge on any atom is -0.493 e. The zero-order valence-electron chi connectivity index (χ0n) is 17.0. The smallest absolute Gasteiger partial charge is 0.243 e. The van der Waals surface area contributed by atoms with Crippen LogP contribution in [-0.2, 0) is 11.3 Å². The Bertz CT molecular complexity index is 895. The molecule has 160 valence electrons. The lowest BCUT2D eigenvalue weighted by Crippen LogP contribution is -2.39. The molecule has 1 fully saturated rings. The Morgan fingerprint density at radius 2 is 1.87 bits per heavy atom. The van der Waals surface area contributed by atoms with E-state index >= 15 is 0 Å². The van der Waals surface area contributed by atoms with Crippen molar-refractivity contribution in [2.24, 2.45) is 11.0 Å². The van der Waals surface area contributed by atoms with Crippen LogP contribution < -0.4 is 14.9 Å². The van der Waals surface area contributed by atoms with E-state index in [0.29, 0.717) is 11.5 Å². The Morgan fingerprint density at radius 1 is 1.17 bits per heavy atom.